The molecule has 0 aliphatic carbocycles. The molecular formula is C13H13NO3S. The maximum Gasteiger partial charge on any atom is 0.303 e. The van der Waals surface area contributed by atoms with Crippen molar-refractivity contribution in [3.8, 4) is 17.0 Å². The summed E-state index contributed by atoms with van der Waals surface area (Å²) >= 11 is 1.49. The van der Waals surface area contributed by atoms with Crippen molar-refractivity contribution in [3.05, 3.63) is 34.7 Å². The average molecular weight is 263 g/mol. The van der Waals surface area contributed by atoms with Crippen LogP contribution in [0.3, 0.4) is 0 Å². The Bertz CT molecular complexity index is 533. The number of hydrogen-bond donors (Lipinski definition) is 1. The summed E-state index contributed by atoms with van der Waals surface area (Å²) in [6.07, 6.45) is 0.603. The van der Waals surface area contributed by atoms with Gasteiger partial charge in [0, 0.05) is 17.4 Å². The minimum absolute atomic E-state index is 0.121. The van der Waals surface area contributed by atoms with E-state index in [1.807, 2.05) is 29.6 Å². The van der Waals surface area contributed by atoms with Crippen LogP contribution in [0.2, 0.25) is 0 Å². The van der Waals surface area contributed by atoms with Gasteiger partial charge in [0.05, 0.1) is 24.2 Å². The first kappa shape index (κ1) is 12.6. The van der Waals surface area contributed by atoms with E-state index < -0.39 is 5.97 Å². The molecule has 0 aliphatic rings. The van der Waals surface area contributed by atoms with Crippen LogP contribution in [0.15, 0.2) is 29.6 Å². The maximum absolute atomic E-state index is 10.5. The van der Waals surface area contributed by atoms with Gasteiger partial charge in [0.1, 0.15) is 5.75 Å². The molecule has 1 aromatic heterocycles. The fourth-order valence-corrected chi connectivity index (χ4v) is 2.34. The third-order valence-electron chi connectivity index (χ3n) is 2.49. The molecular weight excluding hydrogens is 250 g/mol. The highest BCUT2D eigenvalue weighted by molar-refractivity contribution is 7.09. The van der Waals surface area contributed by atoms with Gasteiger partial charge in [0.25, 0.3) is 0 Å². The molecule has 2 aromatic rings. The first-order valence-corrected chi connectivity index (χ1v) is 6.37. The average Bonchev–Trinajstić information content (AvgIpc) is 2.85. The van der Waals surface area contributed by atoms with Crippen molar-refractivity contribution in [2.75, 3.05) is 7.11 Å². The van der Waals surface area contributed by atoms with Crippen molar-refractivity contribution in [3.63, 3.8) is 0 Å². The van der Waals surface area contributed by atoms with E-state index >= 15 is 0 Å². The van der Waals surface area contributed by atoms with Gasteiger partial charge in [-0.25, -0.2) is 4.98 Å². The molecule has 0 unspecified atom stereocenters. The van der Waals surface area contributed by atoms with Crippen LogP contribution in [-0.2, 0) is 11.2 Å². The third kappa shape index (κ3) is 3.07. The molecule has 2 rings (SSSR count). The lowest BCUT2D eigenvalue weighted by molar-refractivity contribution is -0.136. The highest BCUT2D eigenvalue weighted by atomic mass is 32.1. The number of nitrogens with zero attached hydrogens (tertiary/aromatic N) is 1. The first-order valence-electron chi connectivity index (χ1n) is 5.49. The van der Waals surface area contributed by atoms with Crippen molar-refractivity contribution < 1.29 is 14.6 Å². The van der Waals surface area contributed by atoms with E-state index in [0.29, 0.717) is 6.42 Å². The smallest absolute Gasteiger partial charge is 0.303 e. The third-order valence-corrected chi connectivity index (χ3v) is 3.40. The summed E-state index contributed by atoms with van der Waals surface area (Å²) in [7, 11) is 1.63. The standard InChI is InChI=1S/C13H13NO3S/c1-17-10-4-2-9(3-5-10)11-8-18-12(14-11)6-7-13(15)16/h2-5,8H,6-7H2,1H3,(H,15,16). The van der Waals surface area contributed by atoms with Gasteiger partial charge in [-0.1, -0.05) is 0 Å². The van der Waals surface area contributed by atoms with Crippen LogP contribution in [0, 0.1) is 0 Å². The lowest BCUT2D eigenvalue weighted by Crippen LogP contribution is -1.96. The van der Waals surface area contributed by atoms with E-state index in [1.165, 1.54) is 11.3 Å². The molecule has 0 fully saturated rings. The second kappa shape index (κ2) is 5.64. The molecule has 4 nitrogen and oxygen atoms in total. The number of aliphatic carboxylic acids is 1. The number of aryl methyl sites for hydroxylation is 1. The van der Waals surface area contributed by atoms with Crippen LogP contribution < -0.4 is 4.74 Å². The van der Waals surface area contributed by atoms with E-state index in [2.05, 4.69) is 4.98 Å². The number of methoxy groups -OCH3 is 1. The Morgan fingerprint density at radius 3 is 2.72 bits per heavy atom. The fourth-order valence-electron chi connectivity index (χ4n) is 1.53. The molecule has 0 radical (unpaired) electrons. The predicted molar refractivity (Wildman–Crippen MR) is 70.1 cm³/mol. The molecule has 1 aromatic carbocycles. The van der Waals surface area contributed by atoms with Gasteiger partial charge in [-0.05, 0) is 24.3 Å². The number of rotatable bonds is 5. The summed E-state index contributed by atoms with van der Waals surface area (Å²) in [5, 5.41) is 11.4. The van der Waals surface area contributed by atoms with E-state index in [4.69, 9.17) is 9.84 Å². The number of thiazole rings is 1. The minimum atomic E-state index is -0.795. The summed E-state index contributed by atoms with van der Waals surface area (Å²) in [6, 6.07) is 7.64. The quantitative estimate of drug-likeness (QED) is 0.901. The van der Waals surface area contributed by atoms with Crippen LogP contribution in [0.25, 0.3) is 11.3 Å². The number of ether oxygens (including phenoxy) is 1. The lowest BCUT2D eigenvalue weighted by atomic mass is 10.2. The number of hydrogen-bond acceptors (Lipinski definition) is 4. The molecule has 18 heavy (non-hydrogen) atoms. The van der Waals surface area contributed by atoms with Gasteiger partial charge < -0.3 is 9.84 Å². The van der Waals surface area contributed by atoms with Gasteiger partial charge in [0.15, 0.2) is 0 Å². The van der Waals surface area contributed by atoms with Crippen LogP contribution in [-0.4, -0.2) is 23.2 Å². The van der Waals surface area contributed by atoms with Gasteiger partial charge in [0.2, 0.25) is 0 Å². The van der Waals surface area contributed by atoms with E-state index in [9.17, 15) is 4.79 Å². The Morgan fingerprint density at radius 2 is 2.11 bits per heavy atom. The number of carboxylic acid groups (broad SMARTS) is 1. The Hall–Kier alpha value is -1.88. The number of aromatic nitrogens is 1. The van der Waals surface area contributed by atoms with Crippen LogP contribution in [0.5, 0.6) is 5.75 Å². The van der Waals surface area contributed by atoms with Crippen molar-refractivity contribution in [1.82, 2.24) is 4.98 Å². The number of carboxylic acids is 1. The molecule has 0 saturated carbocycles. The summed E-state index contributed by atoms with van der Waals surface area (Å²) in [4.78, 5) is 14.9. The second-order valence-electron chi connectivity index (χ2n) is 3.75. The van der Waals surface area contributed by atoms with Crippen molar-refractivity contribution >= 4 is 17.3 Å². The van der Waals surface area contributed by atoms with E-state index in [1.54, 1.807) is 7.11 Å². The first-order chi connectivity index (χ1) is 8.69. The molecule has 1 N–H and O–H groups in total. The number of carbonyl (C=O) groups is 1. The summed E-state index contributed by atoms with van der Waals surface area (Å²) in [5.41, 5.74) is 1.89. The Morgan fingerprint density at radius 1 is 1.39 bits per heavy atom. The predicted octanol–water partition coefficient (Wildman–Crippen LogP) is 2.84. The molecule has 1 heterocycles. The van der Waals surface area contributed by atoms with Crippen LogP contribution in [0.4, 0.5) is 0 Å². The zero-order valence-electron chi connectivity index (χ0n) is 9.92. The Kier molecular flexibility index (Phi) is 3.94. The highest BCUT2D eigenvalue weighted by Gasteiger charge is 2.06. The maximum atomic E-state index is 10.5. The van der Waals surface area contributed by atoms with Crippen molar-refractivity contribution in [2.24, 2.45) is 0 Å². The fraction of sp³-hybridized carbons (Fsp3) is 0.231. The molecule has 0 aliphatic heterocycles. The molecule has 5 heteroatoms. The SMILES string of the molecule is COc1ccc(-c2csc(CCC(=O)O)n2)cc1. The summed E-state index contributed by atoms with van der Waals surface area (Å²) in [6.45, 7) is 0. The lowest BCUT2D eigenvalue weighted by Gasteiger charge is -2.00. The van der Waals surface area contributed by atoms with Gasteiger partial charge >= 0.3 is 5.97 Å². The van der Waals surface area contributed by atoms with Gasteiger partial charge in [-0.15, -0.1) is 11.3 Å². The molecule has 0 atom stereocenters. The van der Waals surface area contributed by atoms with E-state index in [0.717, 1.165) is 22.0 Å². The summed E-state index contributed by atoms with van der Waals surface area (Å²) in [5.74, 6) is 0.0104. The monoisotopic (exact) mass is 263 g/mol. The van der Waals surface area contributed by atoms with Crippen LogP contribution >= 0.6 is 11.3 Å². The molecule has 0 saturated heterocycles. The zero-order valence-corrected chi connectivity index (χ0v) is 10.7. The second-order valence-corrected chi connectivity index (χ2v) is 4.69. The summed E-state index contributed by atoms with van der Waals surface area (Å²) < 4.78 is 5.09. The van der Waals surface area contributed by atoms with Gasteiger partial charge in [-0.2, -0.15) is 0 Å². The van der Waals surface area contributed by atoms with Gasteiger partial charge in [-0.3, -0.25) is 4.79 Å². The van der Waals surface area contributed by atoms with E-state index in [-0.39, 0.29) is 6.42 Å². The van der Waals surface area contributed by atoms with Crippen molar-refractivity contribution in [2.45, 2.75) is 12.8 Å². The zero-order chi connectivity index (χ0) is 13.0. The highest BCUT2D eigenvalue weighted by Crippen LogP contribution is 2.24. The van der Waals surface area contributed by atoms with Crippen molar-refractivity contribution in [1.29, 1.82) is 0 Å². The molecule has 94 valence electrons. The normalized spacial score (nSPS) is 10.3. The molecule has 0 amide bonds. The molecule has 0 spiro atoms. The molecule has 0 bridgehead atoms. The minimum Gasteiger partial charge on any atom is -0.497 e. The largest absolute Gasteiger partial charge is 0.497 e. The topological polar surface area (TPSA) is 59.4 Å². The Balaban J connectivity index is 2.10. The van der Waals surface area contributed by atoms with Crippen LogP contribution in [0.1, 0.15) is 11.4 Å². The number of benzene rings is 1. The Labute approximate surface area is 109 Å².